The molecular weight excluding hydrogens is 230 g/mol. The highest BCUT2D eigenvalue weighted by Crippen LogP contribution is 2.22. The lowest BCUT2D eigenvalue weighted by atomic mass is 10.1. The van der Waals surface area contributed by atoms with E-state index < -0.39 is 0 Å². The van der Waals surface area contributed by atoms with Crippen LogP contribution in [0.4, 0.5) is 0 Å². The van der Waals surface area contributed by atoms with Crippen LogP contribution in [-0.2, 0) is 13.5 Å². The molecular formula is C9H12BrN3. The Balaban J connectivity index is 3.07. The summed E-state index contributed by atoms with van der Waals surface area (Å²) in [7, 11) is 1.86. The Morgan fingerprint density at radius 3 is 2.62 bits per heavy atom. The molecule has 70 valence electrons. The number of halogens is 1. The lowest BCUT2D eigenvalue weighted by Gasteiger charge is -2.04. The van der Waals surface area contributed by atoms with Crippen molar-refractivity contribution in [2.45, 2.75) is 20.3 Å². The molecule has 0 aliphatic rings. The number of rotatable bonds is 2. The molecule has 0 saturated heterocycles. The lowest BCUT2D eigenvalue weighted by molar-refractivity contribution is 0.594. The van der Waals surface area contributed by atoms with Crippen LogP contribution in [0.1, 0.15) is 25.2 Å². The van der Waals surface area contributed by atoms with Gasteiger partial charge in [0, 0.05) is 7.05 Å². The topological polar surface area (TPSA) is 41.6 Å². The number of nitrogens with zero attached hydrogens (tertiary/aromatic N) is 3. The monoisotopic (exact) mass is 241 g/mol. The fourth-order valence-electron chi connectivity index (χ4n) is 1.21. The summed E-state index contributed by atoms with van der Waals surface area (Å²) in [5.41, 5.74) is 1.56. The molecule has 0 spiro atoms. The third kappa shape index (κ3) is 2.10. The molecule has 0 aliphatic heterocycles. The number of hydrogen-bond donors (Lipinski definition) is 0. The van der Waals surface area contributed by atoms with Gasteiger partial charge in [-0.3, -0.25) is 4.68 Å². The zero-order valence-electron chi connectivity index (χ0n) is 8.00. The maximum atomic E-state index is 8.73. The normalized spacial score (nSPS) is 10.5. The van der Waals surface area contributed by atoms with Crippen molar-refractivity contribution in [3.05, 3.63) is 15.9 Å². The van der Waals surface area contributed by atoms with Crippen LogP contribution in [0.25, 0.3) is 0 Å². The first-order valence-corrected chi connectivity index (χ1v) is 4.97. The van der Waals surface area contributed by atoms with E-state index in [2.05, 4.69) is 40.9 Å². The Bertz CT molecular complexity index is 346. The molecule has 0 aliphatic carbocycles. The van der Waals surface area contributed by atoms with Crippen LogP contribution < -0.4 is 0 Å². The second-order valence-corrected chi connectivity index (χ2v) is 4.24. The molecule has 13 heavy (non-hydrogen) atoms. The SMILES string of the molecule is CC(C)Cc1c(Br)c(C#N)nn1C. The Labute approximate surface area is 86.5 Å². The lowest BCUT2D eigenvalue weighted by Crippen LogP contribution is -2.02. The summed E-state index contributed by atoms with van der Waals surface area (Å²) in [4.78, 5) is 0. The van der Waals surface area contributed by atoms with E-state index in [9.17, 15) is 0 Å². The van der Waals surface area contributed by atoms with Gasteiger partial charge >= 0.3 is 0 Å². The fraction of sp³-hybridized carbons (Fsp3) is 0.556. The minimum atomic E-state index is 0.471. The van der Waals surface area contributed by atoms with E-state index in [1.165, 1.54) is 0 Å². The van der Waals surface area contributed by atoms with Crippen LogP contribution >= 0.6 is 15.9 Å². The second kappa shape index (κ2) is 3.93. The van der Waals surface area contributed by atoms with E-state index in [4.69, 9.17) is 5.26 Å². The van der Waals surface area contributed by atoms with Gasteiger partial charge in [-0.1, -0.05) is 13.8 Å². The largest absolute Gasteiger partial charge is 0.270 e. The van der Waals surface area contributed by atoms with Crippen molar-refractivity contribution in [2.75, 3.05) is 0 Å². The van der Waals surface area contributed by atoms with E-state index in [1.54, 1.807) is 4.68 Å². The van der Waals surface area contributed by atoms with Crippen molar-refractivity contribution in [3.63, 3.8) is 0 Å². The predicted molar refractivity (Wildman–Crippen MR) is 54.2 cm³/mol. The molecule has 1 heterocycles. The molecule has 0 atom stereocenters. The van der Waals surface area contributed by atoms with Gasteiger partial charge in [-0.25, -0.2) is 0 Å². The zero-order valence-corrected chi connectivity index (χ0v) is 9.59. The smallest absolute Gasteiger partial charge is 0.176 e. The minimum absolute atomic E-state index is 0.471. The highest BCUT2D eigenvalue weighted by atomic mass is 79.9. The van der Waals surface area contributed by atoms with Crippen LogP contribution in [0.2, 0.25) is 0 Å². The molecule has 0 N–H and O–H groups in total. The number of aryl methyl sites for hydroxylation is 1. The summed E-state index contributed by atoms with van der Waals surface area (Å²) in [5, 5.41) is 12.8. The summed E-state index contributed by atoms with van der Waals surface area (Å²) in [5.74, 6) is 0.568. The summed E-state index contributed by atoms with van der Waals surface area (Å²) < 4.78 is 2.61. The Kier molecular flexibility index (Phi) is 3.10. The first-order chi connectivity index (χ1) is 6.06. The minimum Gasteiger partial charge on any atom is -0.270 e. The average Bonchev–Trinajstić information content (AvgIpc) is 2.31. The Morgan fingerprint density at radius 2 is 2.23 bits per heavy atom. The maximum absolute atomic E-state index is 8.73. The standard InChI is InChI=1S/C9H12BrN3/c1-6(2)4-8-9(10)7(5-11)12-13(8)3/h6H,4H2,1-3H3. The molecule has 4 heteroatoms. The Morgan fingerprint density at radius 1 is 1.62 bits per heavy atom. The predicted octanol–water partition coefficient (Wildman–Crippen LogP) is 2.25. The van der Waals surface area contributed by atoms with E-state index in [0.717, 1.165) is 16.6 Å². The molecule has 0 bridgehead atoms. The van der Waals surface area contributed by atoms with Gasteiger partial charge in [-0.15, -0.1) is 0 Å². The first kappa shape index (κ1) is 10.3. The van der Waals surface area contributed by atoms with Gasteiger partial charge in [-0.2, -0.15) is 10.4 Å². The molecule has 3 nitrogen and oxygen atoms in total. The molecule has 0 saturated carbocycles. The van der Waals surface area contributed by atoms with Gasteiger partial charge in [-0.05, 0) is 28.3 Å². The molecule has 0 amide bonds. The summed E-state index contributed by atoms with van der Waals surface area (Å²) in [6.07, 6.45) is 0.936. The second-order valence-electron chi connectivity index (χ2n) is 3.44. The van der Waals surface area contributed by atoms with Crippen LogP contribution in [0.3, 0.4) is 0 Å². The van der Waals surface area contributed by atoms with Gasteiger partial charge in [0.2, 0.25) is 0 Å². The van der Waals surface area contributed by atoms with E-state index in [1.807, 2.05) is 7.05 Å². The van der Waals surface area contributed by atoms with Gasteiger partial charge < -0.3 is 0 Å². The van der Waals surface area contributed by atoms with Crippen LogP contribution in [-0.4, -0.2) is 9.78 Å². The molecule has 0 fully saturated rings. The average molecular weight is 242 g/mol. The molecule has 0 aromatic carbocycles. The molecule has 1 aromatic heterocycles. The van der Waals surface area contributed by atoms with Crippen molar-refractivity contribution in [1.82, 2.24) is 9.78 Å². The van der Waals surface area contributed by atoms with Crippen molar-refractivity contribution < 1.29 is 0 Å². The zero-order chi connectivity index (χ0) is 10.0. The van der Waals surface area contributed by atoms with Crippen LogP contribution in [0.5, 0.6) is 0 Å². The van der Waals surface area contributed by atoms with E-state index >= 15 is 0 Å². The van der Waals surface area contributed by atoms with Crippen molar-refractivity contribution in [3.8, 4) is 6.07 Å². The summed E-state index contributed by atoms with van der Waals surface area (Å²) >= 11 is 3.38. The van der Waals surface area contributed by atoms with E-state index in [0.29, 0.717) is 11.6 Å². The van der Waals surface area contributed by atoms with E-state index in [-0.39, 0.29) is 0 Å². The van der Waals surface area contributed by atoms with Gasteiger partial charge in [0.1, 0.15) is 6.07 Å². The Hall–Kier alpha value is -0.820. The van der Waals surface area contributed by atoms with Crippen LogP contribution in [0, 0.1) is 17.2 Å². The molecule has 1 rings (SSSR count). The van der Waals surface area contributed by atoms with Gasteiger partial charge in [0.25, 0.3) is 0 Å². The van der Waals surface area contributed by atoms with Crippen LogP contribution in [0.15, 0.2) is 4.47 Å². The van der Waals surface area contributed by atoms with Crippen molar-refractivity contribution >= 4 is 15.9 Å². The first-order valence-electron chi connectivity index (χ1n) is 4.17. The van der Waals surface area contributed by atoms with Crippen molar-refractivity contribution in [1.29, 1.82) is 5.26 Å². The summed E-state index contributed by atoms with van der Waals surface area (Å²) in [6, 6.07) is 2.05. The summed E-state index contributed by atoms with van der Waals surface area (Å²) in [6.45, 7) is 4.29. The quantitative estimate of drug-likeness (QED) is 0.798. The highest BCUT2D eigenvalue weighted by molar-refractivity contribution is 9.10. The highest BCUT2D eigenvalue weighted by Gasteiger charge is 2.13. The number of nitriles is 1. The molecule has 0 radical (unpaired) electrons. The third-order valence-corrected chi connectivity index (χ3v) is 2.64. The maximum Gasteiger partial charge on any atom is 0.176 e. The van der Waals surface area contributed by atoms with Gasteiger partial charge in [0.05, 0.1) is 10.2 Å². The molecule has 0 unspecified atom stereocenters. The third-order valence-electron chi connectivity index (χ3n) is 1.81. The fourth-order valence-corrected chi connectivity index (χ4v) is 1.80. The van der Waals surface area contributed by atoms with Crippen molar-refractivity contribution in [2.24, 2.45) is 13.0 Å². The van der Waals surface area contributed by atoms with Gasteiger partial charge in [0.15, 0.2) is 5.69 Å². The number of hydrogen-bond acceptors (Lipinski definition) is 2. The molecule has 1 aromatic rings. The number of aromatic nitrogens is 2.